The quantitative estimate of drug-likeness (QED) is 0.925. The minimum Gasteiger partial charge on any atom is -0.334 e. The molecule has 0 bridgehead atoms. The van der Waals surface area contributed by atoms with Gasteiger partial charge in [0.2, 0.25) is 0 Å². The molecule has 1 N–H and O–H groups in total. The molecule has 0 saturated heterocycles. The fraction of sp³-hybridized carbons (Fsp3) is 0.222. The van der Waals surface area contributed by atoms with Crippen LogP contribution in [0.5, 0.6) is 0 Å². The van der Waals surface area contributed by atoms with Crippen molar-refractivity contribution in [2.45, 2.75) is 13.3 Å². The Balaban J connectivity index is 1.77. The molecule has 0 atom stereocenters. The second-order valence-electron chi connectivity index (χ2n) is 5.48. The average molecular weight is 294 g/mol. The van der Waals surface area contributed by atoms with E-state index in [1.54, 1.807) is 24.0 Å². The van der Waals surface area contributed by atoms with Crippen LogP contribution < -0.4 is 5.56 Å². The Labute approximate surface area is 129 Å². The van der Waals surface area contributed by atoms with Gasteiger partial charge in [-0.15, -0.1) is 0 Å². The molecule has 1 aromatic heterocycles. The van der Waals surface area contributed by atoms with E-state index in [1.165, 1.54) is 11.1 Å². The average Bonchev–Trinajstić information content (AvgIpc) is 2.55. The summed E-state index contributed by atoms with van der Waals surface area (Å²) in [6.07, 6.45) is 2.87. The van der Waals surface area contributed by atoms with E-state index in [0.717, 1.165) is 12.1 Å². The number of aromatic amines is 1. The van der Waals surface area contributed by atoms with Crippen LogP contribution in [0.1, 0.15) is 28.0 Å². The minimum absolute atomic E-state index is 0.204. The van der Waals surface area contributed by atoms with E-state index in [9.17, 15) is 9.59 Å². The summed E-state index contributed by atoms with van der Waals surface area (Å²) in [5, 5.41) is 0. The van der Waals surface area contributed by atoms with Gasteiger partial charge in [-0.3, -0.25) is 9.59 Å². The molecule has 4 heteroatoms. The summed E-state index contributed by atoms with van der Waals surface area (Å²) in [7, 11) is 0. The summed E-state index contributed by atoms with van der Waals surface area (Å²) in [6.45, 7) is 2.97. The molecule has 0 fully saturated rings. The zero-order valence-electron chi connectivity index (χ0n) is 12.5. The molecule has 0 radical (unpaired) electrons. The van der Waals surface area contributed by atoms with Gasteiger partial charge in [0.15, 0.2) is 0 Å². The molecule has 2 aromatic rings. The smallest absolute Gasteiger partial charge is 0.260 e. The van der Waals surface area contributed by atoms with Crippen LogP contribution in [-0.2, 0) is 0 Å². The van der Waals surface area contributed by atoms with Gasteiger partial charge in [-0.25, -0.2) is 0 Å². The van der Waals surface area contributed by atoms with Crippen LogP contribution in [0.15, 0.2) is 53.3 Å². The number of amides is 1. The molecule has 1 amide bonds. The molecular weight excluding hydrogens is 276 g/mol. The highest BCUT2D eigenvalue weighted by Gasteiger charge is 2.21. The minimum atomic E-state index is -0.317. The number of nitrogens with zero attached hydrogens (tertiary/aromatic N) is 1. The van der Waals surface area contributed by atoms with Crippen LogP contribution in [0.3, 0.4) is 0 Å². The van der Waals surface area contributed by atoms with Crippen LogP contribution in [0.25, 0.3) is 5.57 Å². The second kappa shape index (κ2) is 6.02. The Bertz CT molecular complexity index is 775. The topological polar surface area (TPSA) is 53.2 Å². The number of H-pyrrole nitrogens is 1. The van der Waals surface area contributed by atoms with Crippen LogP contribution in [-0.4, -0.2) is 28.9 Å². The zero-order chi connectivity index (χ0) is 15.5. The highest BCUT2D eigenvalue weighted by atomic mass is 16.2. The third-order valence-corrected chi connectivity index (χ3v) is 3.93. The van der Waals surface area contributed by atoms with E-state index in [2.05, 4.69) is 23.2 Å². The van der Waals surface area contributed by atoms with Crippen LogP contribution >= 0.6 is 0 Å². The standard InChI is InChI=1S/C18H18N2O2/c1-13-7-8-16(17(21)19-13)18(22)20-11-9-15(10-12-20)14-5-3-2-4-6-14/h2-9H,10-12H2,1H3,(H,19,21). The number of rotatable bonds is 2. The monoisotopic (exact) mass is 294 g/mol. The third kappa shape index (κ3) is 2.86. The van der Waals surface area contributed by atoms with Crippen molar-refractivity contribution in [3.8, 4) is 0 Å². The van der Waals surface area contributed by atoms with Crippen LogP contribution in [0, 0.1) is 6.92 Å². The van der Waals surface area contributed by atoms with Gasteiger partial charge in [0.25, 0.3) is 11.5 Å². The predicted octanol–water partition coefficient (Wildman–Crippen LogP) is 2.61. The van der Waals surface area contributed by atoms with Crippen molar-refractivity contribution in [2.75, 3.05) is 13.1 Å². The van der Waals surface area contributed by atoms with E-state index in [1.807, 2.05) is 18.2 Å². The number of hydrogen-bond donors (Lipinski definition) is 1. The third-order valence-electron chi connectivity index (χ3n) is 3.93. The number of carbonyl (C=O) groups excluding carboxylic acids is 1. The molecular formula is C18H18N2O2. The van der Waals surface area contributed by atoms with Gasteiger partial charge in [-0.05, 0) is 36.6 Å². The lowest BCUT2D eigenvalue weighted by Gasteiger charge is -2.26. The number of hydrogen-bond acceptors (Lipinski definition) is 2. The molecule has 112 valence electrons. The Morgan fingerprint density at radius 1 is 1.14 bits per heavy atom. The van der Waals surface area contributed by atoms with Gasteiger partial charge in [-0.1, -0.05) is 36.4 Å². The number of benzene rings is 1. The Morgan fingerprint density at radius 3 is 2.55 bits per heavy atom. The summed E-state index contributed by atoms with van der Waals surface area (Å²) in [5.41, 5.74) is 3.10. The fourth-order valence-electron chi connectivity index (χ4n) is 2.68. The SMILES string of the molecule is Cc1ccc(C(=O)N2CC=C(c3ccccc3)CC2)c(=O)[nH]1. The largest absolute Gasteiger partial charge is 0.334 e. The number of aryl methyl sites for hydroxylation is 1. The van der Waals surface area contributed by atoms with Gasteiger partial charge in [0.05, 0.1) is 0 Å². The van der Waals surface area contributed by atoms with Gasteiger partial charge in [0.1, 0.15) is 5.56 Å². The normalized spacial score (nSPS) is 14.6. The zero-order valence-corrected chi connectivity index (χ0v) is 12.5. The van der Waals surface area contributed by atoms with Crippen molar-refractivity contribution in [1.29, 1.82) is 0 Å². The predicted molar refractivity (Wildman–Crippen MR) is 86.7 cm³/mol. The number of nitrogens with one attached hydrogen (secondary N) is 1. The van der Waals surface area contributed by atoms with Gasteiger partial charge >= 0.3 is 0 Å². The van der Waals surface area contributed by atoms with E-state index < -0.39 is 0 Å². The number of carbonyl (C=O) groups is 1. The van der Waals surface area contributed by atoms with Crippen molar-refractivity contribution in [3.63, 3.8) is 0 Å². The Kier molecular flexibility index (Phi) is 3.92. The van der Waals surface area contributed by atoms with Gasteiger partial charge in [-0.2, -0.15) is 0 Å². The first-order chi connectivity index (χ1) is 10.6. The molecule has 4 nitrogen and oxygen atoms in total. The fourth-order valence-corrected chi connectivity index (χ4v) is 2.68. The van der Waals surface area contributed by atoms with E-state index in [0.29, 0.717) is 13.1 Å². The van der Waals surface area contributed by atoms with Crippen molar-refractivity contribution in [1.82, 2.24) is 9.88 Å². The second-order valence-corrected chi connectivity index (χ2v) is 5.48. The summed E-state index contributed by atoms with van der Waals surface area (Å²) in [6, 6.07) is 13.5. The van der Waals surface area contributed by atoms with E-state index in [4.69, 9.17) is 0 Å². The maximum Gasteiger partial charge on any atom is 0.260 e. The highest BCUT2D eigenvalue weighted by Crippen LogP contribution is 2.22. The number of aromatic nitrogens is 1. The molecule has 1 aliphatic rings. The molecule has 1 aromatic carbocycles. The van der Waals surface area contributed by atoms with E-state index in [-0.39, 0.29) is 17.0 Å². The van der Waals surface area contributed by atoms with Crippen molar-refractivity contribution in [3.05, 3.63) is 75.7 Å². The summed E-state index contributed by atoms with van der Waals surface area (Å²) >= 11 is 0. The van der Waals surface area contributed by atoms with E-state index >= 15 is 0 Å². The van der Waals surface area contributed by atoms with Crippen molar-refractivity contribution in [2.24, 2.45) is 0 Å². The molecule has 0 aliphatic carbocycles. The summed E-state index contributed by atoms with van der Waals surface area (Å²) < 4.78 is 0. The molecule has 0 unspecified atom stereocenters. The molecule has 0 spiro atoms. The maximum absolute atomic E-state index is 12.5. The van der Waals surface area contributed by atoms with Gasteiger partial charge in [0, 0.05) is 18.8 Å². The lowest BCUT2D eigenvalue weighted by Crippen LogP contribution is -2.37. The van der Waals surface area contributed by atoms with Crippen molar-refractivity contribution >= 4 is 11.5 Å². The summed E-state index contributed by atoms with van der Waals surface area (Å²) in [4.78, 5) is 28.7. The highest BCUT2D eigenvalue weighted by molar-refractivity contribution is 5.94. The van der Waals surface area contributed by atoms with Crippen LogP contribution in [0.4, 0.5) is 0 Å². The molecule has 22 heavy (non-hydrogen) atoms. The molecule has 1 aliphatic heterocycles. The number of pyridine rings is 1. The Morgan fingerprint density at radius 2 is 1.91 bits per heavy atom. The molecule has 0 saturated carbocycles. The lowest BCUT2D eigenvalue weighted by molar-refractivity contribution is 0.0771. The van der Waals surface area contributed by atoms with Crippen molar-refractivity contribution < 1.29 is 4.79 Å². The lowest BCUT2D eigenvalue weighted by atomic mass is 9.99. The Hall–Kier alpha value is -2.62. The maximum atomic E-state index is 12.5. The first-order valence-corrected chi connectivity index (χ1v) is 7.39. The molecule has 2 heterocycles. The molecule has 3 rings (SSSR count). The summed E-state index contributed by atoms with van der Waals surface area (Å²) in [5.74, 6) is -0.204. The van der Waals surface area contributed by atoms with Gasteiger partial charge < -0.3 is 9.88 Å². The first-order valence-electron chi connectivity index (χ1n) is 7.39. The first kappa shape index (κ1) is 14.3. The van der Waals surface area contributed by atoms with Crippen LogP contribution in [0.2, 0.25) is 0 Å².